The van der Waals surface area contributed by atoms with Crippen LogP contribution in [-0.2, 0) is 9.59 Å². The van der Waals surface area contributed by atoms with E-state index in [2.05, 4.69) is 54.2 Å². The molecule has 0 aliphatic carbocycles. The topological polar surface area (TPSA) is 110 Å². The van der Waals surface area contributed by atoms with Crippen molar-refractivity contribution in [3.63, 3.8) is 0 Å². The average Bonchev–Trinajstić information content (AvgIpc) is 3.35. The second-order valence-corrected chi connectivity index (χ2v) is 7.45. The SMILES string of the molecule is Cc1cccc(C)c1NC(=[N+]=C1CCCN1C)N1CCCC1.O=C([O-])C=CC(=O)O. The van der Waals surface area contributed by atoms with Crippen molar-refractivity contribution in [3.8, 4) is 0 Å². The number of guanidine groups is 1. The third-order valence-corrected chi connectivity index (χ3v) is 5.06. The van der Waals surface area contributed by atoms with Crippen LogP contribution in [0.2, 0.25) is 0 Å². The third-order valence-electron chi connectivity index (χ3n) is 5.06. The van der Waals surface area contributed by atoms with Gasteiger partial charge in [-0.3, -0.25) is 10.2 Å². The summed E-state index contributed by atoms with van der Waals surface area (Å²) in [6, 6.07) is 6.43. The normalized spacial score (nSPS) is 15.6. The number of para-hydroxylation sites is 1. The Morgan fingerprint density at radius 3 is 2.20 bits per heavy atom. The Labute approximate surface area is 177 Å². The highest BCUT2D eigenvalue weighted by atomic mass is 16.4. The van der Waals surface area contributed by atoms with E-state index in [1.165, 1.54) is 41.9 Å². The van der Waals surface area contributed by atoms with Crippen molar-refractivity contribution in [1.82, 2.24) is 14.5 Å². The first-order chi connectivity index (χ1) is 14.3. The highest BCUT2D eigenvalue weighted by Crippen LogP contribution is 2.20. The Hall–Kier alpha value is -3.25. The molecule has 2 aliphatic rings. The number of hydrogen-bond acceptors (Lipinski definition) is 3. The first-order valence-corrected chi connectivity index (χ1v) is 10.1. The molecule has 8 heteroatoms. The van der Waals surface area contributed by atoms with E-state index in [0.717, 1.165) is 32.0 Å². The molecule has 30 heavy (non-hydrogen) atoms. The van der Waals surface area contributed by atoms with Gasteiger partial charge in [-0.15, -0.1) is 0 Å². The number of aryl methyl sites for hydroxylation is 2. The van der Waals surface area contributed by atoms with Crippen LogP contribution in [0.25, 0.3) is 0 Å². The van der Waals surface area contributed by atoms with Gasteiger partial charge < -0.3 is 19.9 Å². The molecular weight excluding hydrogens is 384 g/mol. The van der Waals surface area contributed by atoms with Crippen molar-refractivity contribution in [2.45, 2.75) is 39.5 Å². The molecule has 2 fully saturated rings. The molecule has 2 aliphatic heterocycles. The summed E-state index contributed by atoms with van der Waals surface area (Å²) in [6.45, 7) is 7.65. The molecule has 0 atom stereocenters. The number of nitrogens with zero attached hydrogens (tertiary/aromatic N) is 3. The number of carboxylic acids is 2. The van der Waals surface area contributed by atoms with Gasteiger partial charge in [0, 0.05) is 19.5 Å². The summed E-state index contributed by atoms with van der Waals surface area (Å²) in [6.07, 6.45) is 5.77. The van der Waals surface area contributed by atoms with E-state index in [-0.39, 0.29) is 0 Å². The van der Waals surface area contributed by atoms with E-state index in [1.54, 1.807) is 0 Å². The Morgan fingerprint density at radius 2 is 1.73 bits per heavy atom. The Morgan fingerprint density at radius 1 is 1.10 bits per heavy atom. The van der Waals surface area contributed by atoms with Gasteiger partial charge in [0.05, 0.1) is 31.3 Å². The summed E-state index contributed by atoms with van der Waals surface area (Å²) in [5.41, 5.74) is 3.75. The van der Waals surface area contributed by atoms with Crippen LogP contribution >= 0.6 is 0 Å². The van der Waals surface area contributed by atoms with Gasteiger partial charge in [-0.1, -0.05) is 18.2 Å². The summed E-state index contributed by atoms with van der Waals surface area (Å²) in [7, 11) is 2.15. The van der Waals surface area contributed by atoms with Gasteiger partial charge >= 0.3 is 11.9 Å². The molecule has 3 rings (SSSR count). The maximum atomic E-state index is 9.53. The van der Waals surface area contributed by atoms with Gasteiger partial charge in [-0.25, -0.2) is 9.46 Å². The summed E-state index contributed by atoms with van der Waals surface area (Å²) >= 11 is 0. The predicted molar refractivity (Wildman–Crippen MR) is 116 cm³/mol. The van der Waals surface area contributed by atoms with Crippen LogP contribution in [0.1, 0.15) is 36.8 Å². The van der Waals surface area contributed by atoms with Crippen LogP contribution in [0.5, 0.6) is 0 Å². The lowest BCUT2D eigenvalue weighted by Gasteiger charge is -2.15. The van der Waals surface area contributed by atoms with Crippen molar-refractivity contribution < 1.29 is 19.8 Å². The number of hydrogen-bond donors (Lipinski definition) is 2. The van der Waals surface area contributed by atoms with Crippen LogP contribution in [0.3, 0.4) is 0 Å². The second-order valence-electron chi connectivity index (χ2n) is 7.45. The predicted octanol–water partition coefficient (Wildman–Crippen LogP) is 0.736. The van der Waals surface area contributed by atoms with Gasteiger partial charge in [0.25, 0.3) is 5.84 Å². The van der Waals surface area contributed by atoms with Crippen molar-refractivity contribution in [2.24, 2.45) is 0 Å². The number of amidine groups is 1. The quantitative estimate of drug-likeness (QED) is 0.325. The first-order valence-electron chi connectivity index (χ1n) is 10.1. The van der Waals surface area contributed by atoms with Crippen LogP contribution in [0.4, 0.5) is 5.69 Å². The monoisotopic (exact) mass is 414 g/mol. The zero-order valence-electron chi connectivity index (χ0n) is 17.9. The van der Waals surface area contributed by atoms with Gasteiger partial charge in [-0.05, 0) is 50.3 Å². The lowest BCUT2D eigenvalue weighted by Crippen LogP contribution is -2.38. The maximum absolute atomic E-state index is 9.53. The lowest BCUT2D eigenvalue weighted by molar-refractivity contribution is -0.297. The maximum Gasteiger partial charge on any atom is 0.401 e. The molecule has 2 saturated heterocycles. The number of carboxylic acid groups (broad SMARTS) is 2. The van der Waals surface area contributed by atoms with Crippen molar-refractivity contribution in [1.29, 1.82) is 0 Å². The van der Waals surface area contributed by atoms with Gasteiger partial charge in [0.2, 0.25) is 0 Å². The Kier molecular flexibility index (Phi) is 8.50. The molecule has 0 saturated carbocycles. The first kappa shape index (κ1) is 23.0. The molecule has 8 nitrogen and oxygen atoms in total. The minimum absolute atomic E-state index is 0.447. The Bertz CT molecular complexity index is 830. The average molecular weight is 415 g/mol. The number of carbonyl (C=O) groups is 2. The molecule has 2 heterocycles. The summed E-state index contributed by atoms with van der Waals surface area (Å²) in [5, 5.41) is 20.9. The van der Waals surface area contributed by atoms with E-state index in [0.29, 0.717) is 12.2 Å². The summed E-state index contributed by atoms with van der Waals surface area (Å²) in [5.74, 6) is -0.569. The number of carbonyl (C=O) groups excluding carboxylic acids is 1. The fraction of sp³-hybridized carbons (Fsp3) is 0.455. The van der Waals surface area contributed by atoms with Crippen molar-refractivity contribution in [3.05, 3.63) is 41.5 Å². The molecular formula is C22H30N4O4. The molecule has 1 aromatic carbocycles. The van der Waals surface area contributed by atoms with Crippen LogP contribution in [-0.4, -0.2) is 65.3 Å². The summed E-state index contributed by atoms with van der Waals surface area (Å²) < 4.78 is 4.99. The molecule has 0 radical (unpaired) electrons. The molecule has 0 bridgehead atoms. The number of rotatable bonds is 3. The molecule has 0 aromatic heterocycles. The standard InChI is InChI=1S/C18H26N4.C4H4O4/c1-14-8-6-9-15(2)17(14)20-18(22-12-4-5-13-22)19-16-10-7-11-21(16)3;5-3(6)1-2-4(7)8/h6,8-9H,4-5,7,10-13H2,1-3H3;1-2H,(H,5,6)(H,7,8). The van der Waals surface area contributed by atoms with E-state index >= 15 is 0 Å². The van der Waals surface area contributed by atoms with Crippen LogP contribution in [0, 0.1) is 13.8 Å². The molecule has 0 unspecified atom stereocenters. The minimum atomic E-state index is -1.51. The highest BCUT2D eigenvalue weighted by Gasteiger charge is 2.26. The molecule has 1 aromatic rings. The Balaban J connectivity index is 0.000000343. The number of likely N-dealkylation sites (tertiary alicyclic amines) is 2. The lowest BCUT2D eigenvalue weighted by atomic mass is 10.1. The number of benzene rings is 1. The highest BCUT2D eigenvalue weighted by molar-refractivity contribution is 5.98. The van der Waals surface area contributed by atoms with E-state index in [9.17, 15) is 14.7 Å². The van der Waals surface area contributed by atoms with Crippen LogP contribution < -0.4 is 15.1 Å². The minimum Gasteiger partial charge on any atom is -0.545 e. The van der Waals surface area contributed by atoms with Crippen LogP contribution in [0.15, 0.2) is 30.4 Å². The number of nitrogens with one attached hydrogen (secondary N) is 1. The zero-order chi connectivity index (χ0) is 22.1. The van der Waals surface area contributed by atoms with E-state index in [4.69, 9.17) is 9.77 Å². The van der Waals surface area contributed by atoms with Crippen molar-refractivity contribution >= 4 is 29.4 Å². The number of aliphatic carboxylic acids is 2. The van der Waals surface area contributed by atoms with Gasteiger partial charge in [0.15, 0.2) is 0 Å². The summed E-state index contributed by atoms with van der Waals surface area (Å²) in [4.78, 5) is 23.6. The molecule has 0 spiro atoms. The molecule has 2 N–H and O–H groups in total. The zero-order valence-corrected chi connectivity index (χ0v) is 17.9. The van der Waals surface area contributed by atoms with Gasteiger partial charge in [0.1, 0.15) is 0 Å². The van der Waals surface area contributed by atoms with E-state index < -0.39 is 11.9 Å². The van der Waals surface area contributed by atoms with E-state index in [1.807, 2.05) is 0 Å². The van der Waals surface area contributed by atoms with Gasteiger partial charge in [-0.2, -0.15) is 0 Å². The third kappa shape index (κ3) is 6.97. The fourth-order valence-electron chi connectivity index (χ4n) is 3.43. The fourth-order valence-corrected chi connectivity index (χ4v) is 3.43. The largest absolute Gasteiger partial charge is 0.545 e. The molecule has 0 amide bonds. The number of anilines is 1. The van der Waals surface area contributed by atoms with Crippen molar-refractivity contribution in [2.75, 3.05) is 32.0 Å². The smallest absolute Gasteiger partial charge is 0.401 e. The molecule has 162 valence electrons. The second kappa shape index (κ2) is 11.1.